The Morgan fingerprint density at radius 3 is 3.00 bits per heavy atom. The van der Waals surface area contributed by atoms with E-state index in [2.05, 4.69) is 15.5 Å². The molecule has 0 spiro atoms. The van der Waals surface area contributed by atoms with Crippen LogP contribution in [0.3, 0.4) is 0 Å². The molecule has 1 saturated heterocycles. The molecule has 0 aromatic rings. The molecule has 1 amide bonds. The van der Waals surface area contributed by atoms with E-state index >= 15 is 0 Å². The molecule has 16 heavy (non-hydrogen) atoms. The highest BCUT2D eigenvalue weighted by atomic mass is 32.2. The van der Waals surface area contributed by atoms with Crippen LogP contribution in [-0.2, 0) is 4.79 Å². The van der Waals surface area contributed by atoms with Crippen LogP contribution >= 0.6 is 11.8 Å². The Balaban J connectivity index is 2.01. The van der Waals surface area contributed by atoms with Gasteiger partial charge in [-0.2, -0.15) is 11.8 Å². The maximum atomic E-state index is 11.6. The largest absolute Gasteiger partial charge is 0.356 e. The van der Waals surface area contributed by atoms with Crippen molar-refractivity contribution >= 4 is 17.7 Å². The summed E-state index contributed by atoms with van der Waals surface area (Å²) in [5, 5.41) is 6.34. The van der Waals surface area contributed by atoms with Gasteiger partial charge in [0.05, 0.1) is 0 Å². The minimum Gasteiger partial charge on any atom is -0.356 e. The van der Waals surface area contributed by atoms with Crippen molar-refractivity contribution in [3.63, 3.8) is 0 Å². The van der Waals surface area contributed by atoms with Gasteiger partial charge in [-0.1, -0.05) is 0 Å². The van der Waals surface area contributed by atoms with Crippen LogP contribution in [0.15, 0.2) is 0 Å². The molecular formula is C11H23N3OS. The third kappa shape index (κ3) is 6.35. The van der Waals surface area contributed by atoms with Crippen LogP contribution in [0.25, 0.3) is 0 Å². The van der Waals surface area contributed by atoms with Gasteiger partial charge in [-0.05, 0) is 27.1 Å². The lowest BCUT2D eigenvalue weighted by molar-refractivity contribution is -0.121. The van der Waals surface area contributed by atoms with Crippen molar-refractivity contribution in [3.05, 3.63) is 0 Å². The van der Waals surface area contributed by atoms with Crippen LogP contribution in [0.1, 0.15) is 12.8 Å². The average molecular weight is 245 g/mol. The van der Waals surface area contributed by atoms with Gasteiger partial charge in [0.2, 0.25) is 5.91 Å². The van der Waals surface area contributed by atoms with E-state index in [1.54, 1.807) is 0 Å². The molecular weight excluding hydrogens is 222 g/mol. The summed E-state index contributed by atoms with van der Waals surface area (Å²) in [5.74, 6) is 2.41. The first-order chi connectivity index (χ1) is 7.68. The SMILES string of the molecule is CN(C)CCCNC(=O)CC1CSCCN1. The molecule has 0 aromatic carbocycles. The van der Waals surface area contributed by atoms with Crippen LogP contribution in [0.4, 0.5) is 0 Å². The first-order valence-corrected chi connectivity index (χ1v) is 7.06. The van der Waals surface area contributed by atoms with Gasteiger partial charge < -0.3 is 15.5 Å². The zero-order valence-corrected chi connectivity index (χ0v) is 11.1. The van der Waals surface area contributed by atoms with Crippen molar-refractivity contribution < 1.29 is 4.79 Å². The van der Waals surface area contributed by atoms with Crippen molar-refractivity contribution in [1.29, 1.82) is 0 Å². The summed E-state index contributed by atoms with van der Waals surface area (Å²) in [7, 11) is 4.09. The lowest BCUT2D eigenvalue weighted by Gasteiger charge is -2.22. The predicted molar refractivity (Wildman–Crippen MR) is 69.9 cm³/mol. The van der Waals surface area contributed by atoms with Gasteiger partial charge in [0.1, 0.15) is 0 Å². The van der Waals surface area contributed by atoms with E-state index in [1.807, 2.05) is 25.9 Å². The highest BCUT2D eigenvalue weighted by molar-refractivity contribution is 7.99. The fourth-order valence-corrected chi connectivity index (χ4v) is 2.62. The highest BCUT2D eigenvalue weighted by Crippen LogP contribution is 2.09. The van der Waals surface area contributed by atoms with E-state index in [-0.39, 0.29) is 5.91 Å². The number of rotatable bonds is 6. The number of carbonyl (C=O) groups excluding carboxylic acids is 1. The summed E-state index contributed by atoms with van der Waals surface area (Å²) in [5.41, 5.74) is 0. The Morgan fingerprint density at radius 1 is 1.56 bits per heavy atom. The Morgan fingerprint density at radius 2 is 2.38 bits per heavy atom. The van der Waals surface area contributed by atoms with Crippen LogP contribution in [0.5, 0.6) is 0 Å². The average Bonchev–Trinajstić information content (AvgIpc) is 2.25. The molecule has 0 bridgehead atoms. The molecule has 5 heteroatoms. The smallest absolute Gasteiger partial charge is 0.221 e. The topological polar surface area (TPSA) is 44.4 Å². The Hall–Kier alpha value is -0.260. The Kier molecular flexibility index (Phi) is 6.84. The number of nitrogens with one attached hydrogen (secondary N) is 2. The standard InChI is InChI=1S/C11H23N3OS/c1-14(2)6-3-4-13-11(15)8-10-9-16-7-5-12-10/h10,12H,3-9H2,1-2H3,(H,13,15). The van der Waals surface area contributed by atoms with Gasteiger partial charge in [-0.15, -0.1) is 0 Å². The lowest BCUT2D eigenvalue weighted by atomic mass is 10.2. The summed E-state index contributed by atoms with van der Waals surface area (Å²) >= 11 is 1.93. The van der Waals surface area contributed by atoms with Gasteiger partial charge in [-0.25, -0.2) is 0 Å². The molecule has 1 aliphatic heterocycles. The van der Waals surface area contributed by atoms with Gasteiger partial charge in [0, 0.05) is 37.1 Å². The van der Waals surface area contributed by atoms with Crippen LogP contribution in [0.2, 0.25) is 0 Å². The molecule has 0 aliphatic carbocycles. The minimum absolute atomic E-state index is 0.179. The molecule has 94 valence electrons. The molecule has 2 N–H and O–H groups in total. The number of hydrogen-bond acceptors (Lipinski definition) is 4. The van der Waals surface area contributed by atoms with E-state index < -0.39 is 0 Å². The number of hydrogen-bond donors (Lipinski definition) is 2. The number of carbonyl (C=O) groups is 1. The van der Waals surface area contributed by atoms with Gasteiger partial charge in [0.25, 0.3) is 0 Å². The molecule has 1 aliphatic rings. The Bertz CT molecular complexity index is 205. The Labute approximate surface area is 103 Å². The maximum Gasteiger partial charge on any atom is 0.221 e. The zero-order chi connectivity index (χ0) is 11.8. The number of amides is 1. The molecule has 0 aromatic heterocycles. The maximum absolute atomic E-state index is 11.6. The summed E-state index contributed by atoms with van der Waals surface area (Å²) in [6.07, 6.45) is 1.64. The van der Waals surface area contributed by atoms with E-state index in [0.29, 0.717) is 12.5 Å². The number of thioether (sulfide) groups is 1. The second kappa shape index (κ2) is 7.92. The molecule has 1 rings (SSSR count). The van der Waals surface area contributed by atoms with Gasteiger partial charge in [-0.3, -0.25) is 4.79 Å². The summed E-state index contributed by atoms with van der Waals surface area (Å²) in [4.78, 5) is 13.7. The molecule has 4 nitrogen and oxygen atoms in total. The molecule has 0 saturated carbocycles. The quantitative estimate of drug-likeness (QED) is 0.654. The van der Waals surface area contributed by atoms with Crippen LogP contribution in [0, 0.1) is 0 Å². The third-order valence-electron chi connectivity index (χ3n) is 2.53. The molecule has 0 radical (unpaired) electrons. The molecule has 1 atom stereocenters. The van der Waals surface area contributed by atoms with Crippen LogP contribution < -0.4 is 10.6 Å². The van der Waals surface area contributed by atoms with Crippen molar-refractivity contribution in [1.82, 2.24) is 15.5 Å². The van der Waals surface area contributed by atoms with Crippen LogP contribution in [-0.4, -0.2) is 62.1 Å². The molecule has 1 heterocycles. The van der Waals surface area contributed by atoms with E-state index in [9.17, 15) is 4.79 Å². The second-order valence-corrected chi connectivity index (χ2v) is 5.59. The van der Waals surface area contributed by atoms with Crippen molar-refractivity contribution in [2.45, 2.75) is 18.9 Å². The second-order valence-electron chi connectivity index (χ2n) is 4.44. The highest BCUT2D eigenvalue weighted by Gasteiger charge is 2.15. The molecule has 1 fully saturated rings. The minimum atomic E-state index is 0.179. The van der Waals surface area contributed by atoms with Crippen molar-refractivity contribution in [2.24, 2.45) is 0 Å². The first-order valence-electron chi connectivity index (χ1n) is 5.91. The van der Waals surface area contributed by atoms with Gasteiger partial charge in [0.15, 0.2) is 0 Å². The van der Waals surface area contributed by atoms with Crippen molar-refractivity contribution in [2.75, 3.05) is 45.2 Å². The van der Waals surface area contributed by atoms with E-state index in [1.165, 1.54) is 5.75 Å². The summed E-state index contributed by atoms with van der Waals surface area (Å²) < 4.78 is 0. The fraction of sp³-hybridized carbons (Fsp3) is 0.909. The predicted octanol–water partition coefficient (Wildman–Crippen LogP) is 0.149. The van der Waals surface area contributed by atoms with Crippen molar-refractivity contribution in [3.8, 4) is 0 Å². The lowest BCUT2D eigenvalue weighted by Crippen LogP contribution is -2.41. The first kappa shape index (κ1) is 13.8. The van der Waals surface area contributed by atoms with E-state index in [0.717, 1.165) is 31.8 Å². The monoisotopic (exact) mass is 245 g/mol. The summed E-state index contributed by atoms with van der Waals surface area (Å²) in [6, 6.07) is 0.368. The number of nitrogens with zero attached hydrogens (tertiary/aromatic N) is 1. The third-order valence-corrected chi connectivity index (χ3v) is 3.67. The fourth-order valence-electron chi connectivity index (χ4n) is 1.67. The van der Waals surface area contributed by atoms with E-state index in [4.69, 9.17) is 0 Å². The zero-order valence-electron chi connectivity index (χ0n) is 10.3. The van der Waals surface area contributed by atoms with Gasteiger partial charge >= 0.3 is 0 Å². The normalized spacial score (nSPS) is 21.1. The molecule has 1 unspecified atom stereocenters. The summed E-state index contributed by atoms with van der Waals surface area (Å²) in [6.45, 7) is 2.85.